The van der Waals surface area contributed by atoms with E-state index in [9.17, 15) is 4.79 Å². The fourth-order valence-electron chi connectivity index (χ4n) is 1.22. The normalized spacial score (nSPS) is 16.5. The van der Waals surface area contributed by atoms with Crippen LogP contribution in [-0.2, 0) is 9.53 Å². The summed E-state index contributed by atoms with van der Waals surface area (Å²) in [5, 5.41) is 8.72. The number of carboxylic acid groups (broad SMARTS) is 1. The molecule has 0 heterocycles. The van der Waals surface area contributed by atoms with Crippen LogP contribution in [0.2, 0.25) is 0 Å². The zero-order chi connectivity index (χ0) is 9.84. The van der Waals surface area contributed by atoms with Gasteiger partial charge in [-0.3, -0.25) is 0 Å². The molecule has 0 aromatic rings. The second kappa shape index (κ2) is 4.12. The summed E-state index contributed by atoms with van der Waals surface area (Å²) in [6, 6.07) is 0. The lowest BCUT2D eigenvalue weighted by Crippen LogP contribution is -2.08. The first-order valence-corrected chi connectivity index (χ1v) is 4.40. The monoisotopic (exact) mass is 182 g/mol. The van der Waals surface area contributed by atoms with Gasteiger partial charge in [-0.2, -0.15) is 0 Å². The third kappa shape index (κ3) is 2.93. The van der Waals surface area contributed by atoms with Crippen LogP contribution in [0.3, 0.4) is 0 Å². The molecule has 0 atom stereocenters. The molecule has 1 N–H and O–H groups in total. The highest BCUT2D eigenvalue weighted by molar-refractivity contribution is 5.90. The molecule has 0 aromatic heterocycles. The SMILES string of the molecule is CC(C)OC1=CC(C(=O)O)=CCC1. The molecule has 0 saturated carbocycles. The Bertz CT molecular complexity index is 261. The first-order chi connectivity index (χ1) is 6.09. The van der Waals surface area contributed by atoms with Crippen molar-refractivity contribution in [2.45, 2.75) is 32.8 Å². The maximum atomic E-state index is 10.6. The highest BCUT2D eigenvalue weighted by Crippen LogP contribution is 2.19. The van der Waals surface area contributed by atoms with E-state index in [1.54, 1.807) is 12.2 Å². The van der Waals surface area contributed by atoms with Crippen LogP contribution >= 0.6 is 0 Å². The zero-order valence-electron chi connectivity index (χ0n) is 7.91. The highest BCUT2D eigenvalue weighted by Gasteiger charge is 2.12. The quantitative estimate of drug-likeness (QED) is 0.727. The minimum atomic E-state index is -0.885. The lowest BCUT2D eigenvalue weighted by Gasteiger charge is -2.16. The topological polar surface area (TPSA) is 46.5 Å². The van der Waals surface area contributed by atoms with Gasteiger partial charge >= 0.3 is 5.97 Å². The molecule has 3 nitrogen and oxygen atoms in total. The summed E-state index contributed by atoms with van der Waals surface area (Å²) in [4.78, 5) is 10.6. The molecule has 0 saturated heterocycles. The number of hydrogen-bond acceptors (Lipinski definition) is 2. The summed E-state index contributed by atoms with van der Waals surface area (Å²) < 4.78 is 5.43. The third-order valence-electron chi connectivity index (χ3n) is 1.71. The molecule has 1 rings (SSSR count). The Labute approximate surface area is 77.7 Å². The van der Waals surface area contributed by atoms with Crippen molar-refractivity contribution >= 4 is 5.97 Å². The van der Waals surface area contributed by atoms with Crippen LogP contribution in [-0.4, -0.2) is 17.2 Å². The van der Waals surface area contributed by atoms with Crippen molar-refractivity contribution in [1.82, 2.24) is 0 Å². The minimum Gasteiger partial charge on any atom is -0.495 e. The summed E-state index contributed by atoms with van der Waals surface area (Å²) in [5.41, 5.74) is 0.335. The summed E-state index contributed by atoms with van der Waals surface area (Å²) in [6.45, 7) is 3.86. The first-order valence-electron chi connectivity index (χ1n) is 4.40. The predicted octanol–water partition coefficient (Wildman–Crippen LogP) is 2.10. The van der Waals surface area contributed by atoms with Crippen molar-refractivity contribution in [2.24, 2.45) is 0 Å². The number of rotatable bonds is 3. The van der Waals surface area contributed by atoms with Crippen molar-refractivity contribution < 1.29 is 14.6 Å². The highest BCUT2D eigenvalue weighted by atomic mass is 16.5. The maximum absolute atomic E-state index is 10.6. The van der Waals surface area contributed by atoms with E-state index >= 15 is 0 Å². The van der Waals surface area contributed by atoms with E-state index in [4.69, 9.17) is 9.84 Å². The largest absolute Gasteiger partial charge is 0.495 e. The molecule has 0 aliphatic heterocycles. The molecular weight excluding hydrogens is 168 g/mol. The van der Waals surface area contributed by atoms with Crippen LogP contribution in [0, 0.1) is 0 Å². The molecule has 0 spiro atoms. The number of carbonyl (C=O) groups is 1. The fourth-order valence-corrected chi connectivity index (χ4v) is 1.22. The smallest absolute Gasteiger partial charge is 0.335 e. The standard InChI is InChI=1S/C10H14O3/c1-7(2)13-9-5-3-4-8(6-9)10(11)12/h4,6-7H,3,5H2,1-2H3,(H,11,12). The van der Waals surface area contributed by atoms with E-state index in [0.29, 0.717) is 5.57 Å². The van der Waals surface area contributed by atoms with Crippen LogP contribution < -0.4 is 0 Å². The number of carboxylic acids is 1. The summed E-state index contributed by atoms with van der Waals surface area (Å²) in [6.07, 6.45) is 4.98. The Morgan fingerprint density at radius 3 is 2.85 bits per heavy atom. The molecular formula is C10H14O3. The second-order valence-corrected chi connectivity index (χ2v) is 3.28. The lowest BCUT2D eigenvalue weighted by atomic mass is 10.1. The van der Waals surface area contributed by atoms with Gasteiger partial charge in [0, 0.05) is 6.42 Å². The van der Waals surface area contributed by atoms with Gasteiger partial charge in [0.2, 0.25) is 0 Å². The average Bonchev–Trinajstić information content (AvgIpc) is 2.03. The van der Waals surface area contributed by atoms with E-state index in [1.165, 1.54) is 0 Å². The van der Waals surface area contributed by atoms with Gasteiger partial charge in [-0.1, -0.05) is 6.08 Å². The van der Waals surface area contributed by atoms with Gasteiger partial charge < -0.3 is 9.84 Å². The van der Waals surface area contributed by atoms with E-state index in [-0.39, 0.29) is 6.10 Å². The van der Waals surface area contributed by atoms with Gasteiger partial charge in [-0.05, 0) is 26.3 Å². The molecule has 3 heteroatoms. The zero-order valence-corrected chi connectivity index (χ0v) is 7.91. The molecule has 1 aliphatic rings. The average molecular weight is 182 g/mol. The van der Waals surface area contributed by atoms with Gasteiger partial charge in [0.25, 0.3) is 0 Å². The Kier molecular flexibility index (Phi) is 3.12. The van der Waals surface area contributed by atoms with Crippen molar-refractivity contribution in [3.63, 3.8) is 0 Å². The summed E-state index contributed by atoms with van der Waals surface area (Å²) in [5.74, 6) is -0.112. The Hall–Kier alpha value is -1.25. The molecule has 0 unspecified atom stereocenters. The van der Waals surface area contributed by atoms with Crippen LogP contribution in [0.5, 0.6) is 0 Å². The Balaban J connectivity index is 2.67. The van der Waals surface area contributed by atoms with Gasteiger partial charge in [-0.25, -0.2) is 4.79 Å². The molecule has 13 heavy (non-hydrogen) atoms. The van der Waals surface area contributed by atoms with Crippen molar-refractivity contribution in [3.8, 4) is 0 Å². The molecule has 0 fully saturated rings. The summed E-state index contributed by atoms with van der Waals surface area (Å²) >= 11 is 0. The number of aliphatic carboxylic acids is 1. The van der Waals surface area contributed by atoms with Gasteiger partial charge in [0.1, 0.15) is 0 Å². The van der Waals surface area contributed by atoms with E-state index in [0.717, 1.165) is 18.6 Å². The Morgan fingerprint density at radius 2 is 2.31 bits per heavy atom. The van der Waals surface area contributed by atoms with Crippen molar-refractivity contribution in [2.75, 3.05) is 0 Å². The van der Waals surface area contributed by atoms with Crippen LogP contribution in [0.15, 0.2) is 23.5 Å². The number of hydrogen-bond donors (Lipinski definition) is 1. The molecule has 0 radical (unpaired) electrons. The minimum absolute atomic E-state index is 0.111. The molecule has 0 aromatic carbocycles. The molecule has 72 valence electrons. The van der Waals surface area contributed by atoms with Crippen molar-refractivity contribution in [1.29, 1.82) is 0 Å². The number of ether oxygens (including phenoxy) is 1. The van der Waals surface area contributed by atoms with E-state index in [1.807, 2.05) is 13.8 Å². The van der Waals surface area contributed by atoms with Crippen LogP contribution in [0.25, 0.3) is 0 Å². The fraction of sp³-hybridized carbons (Fsp3) is 0.500. The summed E-state index contributed by atoms with van der Waals surface area (Å²) in [7, 11) is 0. The van der Waals surface area contributed by atoms with Gasteiger partial charge in [0.05, 0.1) is 17.4 Å². The van der Waals surface area contributed by atoms with E-state index in [2.05, 4.69) is 0 Å². The van der Waals surface area contributed by atoms with Gasteiger partial charge in [-0.15, -0.1) is 0 Å². The van der Waals surface area contributed by atoms with Crippen LogP contribution in [0.4, 0.5) is 0 Å². The van der Waals surface area contributed by atoms with Crippen LogP contribution in [0.1, 0.15) is 26.7 Å². The lowest BCUT2D eigenvalue weighted by molar-refractivity contribution is -0.132. The van der Waals surface area contributed by atoms with E-state index < -0.39 is 5.97 Å². The molecule has 0 bridgehead atoms. The van der Waals surface area contributed by atoms with Crippen molar-refractivity contribution in [3.05, 3.63) is 23.5 Å². The van der Waals surface area contributed by atoms with Gasteiger partial charge in [0.15, 0.2) is 0 Å². The third-order valence-corrected chi connectivity index (χ3v) is 1.71. The predicted molar refractivity (Wildman–Crippen MR) is 49.3 cm³/mol. The molecule has 1 aliphatic carbocycles. The first kappa shape index (κ1) is 9.84. The number of allylic oxidation sites excluding steroid dienone is 2. The second-order valence-electron chi connectivity index (χ2n) is 3.28. The maximum Gasteiger partial charge on any atom is 0.335 e. The molecule has 0 amide bonds. The Morgan fingerprint density at radius 1 is 1.62 bits per heavy atom.